The number of hydrogen-bond donors (Lipinski definition) is 0. The fourth-order valence-corrected chi connectivity index (χ4v) is 1.41. The van der Waals surface area contributed by atoms with Crippen LogP contribution in [0.25, 0.3) is 5.65 Å². The first kappa shape index (κ1) is 8.19. The lowest BCUT2D eigenvalue weighted by atomic mass is 10.3. The van der Waals surface area contributed by atoms with E-state index in [9.17, 15) is 4.79 Å². The number of nitrogens with zero attached hydrogens (tertiary/aromatic N) is 3. The minimum Gasteiger partial charge on any atom is -0.298 e. The van der Waals surface area contributed by atoms with Crippen LogP contribution in [0.5, 0.6) is 0 Å². The number of halogens is 1. The molecule has 2 heterocycles. The van der Waals surface area contributed by atoms with E-state index in [1.807, 2.05) is 6.92 Å². The molecule has 0 atom stereocenters. The third kappa shape index (κ3) is 1.19. The standard InChI is InChI=1S/C8H6ClN3O/c1-5-2-7(9)11-8-6(4-13)3-10-12(5)8/h2-4H,1H3. The Morgan fingerprint density at radius 2 is 2.38 bits per heavy atom. The highest BCUT2D eigenvalue weighted by Gasteiger charge is 2.06. The number of rotatable bonds is 1. The van der Waals surface area contributed by atoms with E-state index in [1.165, 1.54) is 6.20 Å². The molecule has 0 radical (unpaired) electrons. The molecule has 0 spiro atoms. The molecule has 2 aromatic heterocycles. The third-order valence-corrected chi connectivity index (χ3v) is 1.97. The molecule has 0 N–H and O–H groups in total. The Bertz CT molecular complexity index is 477. The minimum atomic E-state index is 0.369. The van der Waals surface area contributed by atoms with Gasteiger partial charge in [-0.25, -0.2) is 9.50 Å². The van der Waals surface area contributed by atoms with Gasteiger partial charge in [-0.3, -0.25) is 4.79 Å². The number of hydrogen-bond acceptors (Lipinski definition) is 3. The molecule has 13 heavy (non-hydrogen) atoms. The van der Waals surface area contributed by atoms with Crippen molar-refractivity contribution in [2.45, 2.75) is 6.92 Å². The van der Waals surface area contributed by atoms with Crippen molar-refractivity contribution in [2.75, 3.05) is 0 Å². The van der Waals surface area contributed by atoms with Gasteiger partial charge in [0.2, 0.25) is 0 Å². The Balaban J connectivity index is 2.89. The van der Waals surface area contributed by atoms with Crippen LogP contribution >= 0.6 is 11.6 Å². The molecule has 0 aliphatic carbocycles. The number of aldehydes is 1. The Hall–Kier alpha value is -1.42. The van der Waals surface area contributed by atoms with E-state index in [2.05, 4.69) is 10.1 Å². The third-order valence-electron chi connectivity index (χ3n) is 1.77. The predicted molar refractivity (Wildman–Crippen MR) is 48.1 cm³/mol. The van der Waals surface area contributed by atoms with Gasteiger partial charge in [0.25, 0.3) is 0 Å². The zero-order valence-corrected chi connectivity index (χ0v) is 7.62. The van der Waals surface area contributed by atoms with Crippen LogP contribution in [0.2, 0.25) is 5.15 Å². The summed E-state index contributed by atoms with van der Waals surface area (Å²) in [5.41, 5.74) is 1.80. The van der Waals surface area contributed by atoms with Crippen LogP contribution in [0.15, 0.2) is 12.3 Å². The predicted octanol–water partition coefficient (Wildman–Crippen LogP) is 1.50. The first-order valence-electron chi connectivity index (χ1n) is 3.68. The molecular formula is C8H6ClN3O. The molecular weight excluding hydrogens is 190 g/mol. The van der Waals surface area contributed by atoms with Gasteiger partial charge in [-0.15, -0.1) is 0 Å². The molecule has 2 aromatic rings. The first-order chi connectivity index (χ1) is 6.22. The molecule has 0 bridgehead atoms. The number of carbonyl (C=O) groups is 1. The maximum atomic E-state index is 10.6. The zero-order chi connectivity index (χ0) is 9.42. The lowest BCUT2D eigenvalue weighted by Crippen LogP contribution is -1.96. The fraction of sp³-hybridized carbons (Fsp3) is 0.125. The van der Waals surface area contributed by atoms with E-state index in [-0.39, 0.29) is 0 Å². The van der Waals surface area contributed by atoms with E-state index in [4.69, 9.17) is 11.6 Å². The Morgan fingerprint density at radius 1 is 1.62 bits per heavy atom. The Morgan fingerprint density at radius 3 is 3.08 bits per heavy atom. The lowest BCUT2D eigenvalue weighted by molar-refractivity contribution is 0.112. The highest BCUT2D eigenvalue weighted by Crippen LogP contribution is 2.13. The molecule has 0 aromatic carbocycles. The summed E-state index contributed by atoms with van der Waals surface area (Å²) >= 11 is 5.74. The molecule has 0 aliphatic heterocycles. The smallest absolute Gasteiger partial charge is 0.167 e. The van der Waals surface area contributed by atoms with Crippen molar-refractivity contribution in [3.63, 3.8) is 0 Å². The van der Waals surface area contributed by atoms with Crippen LogP contribution in [-0.4, -0.2) is 20.9 Å². The van der Waals surface area contributed by atoms with Crippen LogP contribution in [-0.2, 0) is 0 Å². The Labute approximate surface area is 79.2 Å². The minimum absolute atomic E-state index is 0.369. The van der Waals surface area contributed by atoms with Gasteiger partial charge in [-0.1, -0.05) is 11.6 Å². The van der Waals surface area contributed by atoms with Crippen molar-refractivity contribution >= 4 is 23.5 Å². The molecule has 0 unspecified atom stereocenters. The van der Waals surface area contributed by atoms with E-state index in [0.29, 0.717) is 22.6 Å². The molecule has 5 heteroatoms. The van der Waals surface area contributed by atoms with Crippen LogP contribution in [0.4, 0.5) is 0 Å². The number of aryl methyl sites for hydroxylation is 1. The van der Waals surface area contributed by atoms with Gasteiger partial charge in [0.05, 0.1) is 11.8 Å². The topological polar surface area (TPSA) is 47.3 Å². The van der Waals surface area contributed by atoms with Gasteiger partial charge in [0, 0.05) is 5.69 Å². The van der Waals surface area contributed by atoms with E-state index in [0.717, 1.165) is 5.69 Å². The average Bonchev–Trinajstić information content (AvgIpc) is 2.47. The number of carbonyl (C=O) groups excluding carboxylic acids is 1. The summed E-state index contributed by atoms with van der Waals surface area (Å²) in [7, 11) is 0. The summed E-state index contributed by atoms with van der Waals surface area (Å²) in [6, 6.07) is 1.69. The van der Waals surface area contributed by atoms with Gasteiger partial charge in [0.1, 0.15) is 5.15 Å². The molecule has 2 rings (SSSR count). The van der Waals surface area contributed by atoms with Crippen LogP contribution in [0.1, 0.15) is 16.1 Å². The van der Waals surface area contributed by atoms with E-state index >= 15 is 0 Å². The van der Waals surface area contributed by atoms with Gasteiger partial charge in [-0.05, 0) is 13.0 Å². The molecule has 0 aliphatic rings. The second kappa shape index (κ2) is 2.81. The van der Waals surface area contributed by atoms with E-state index < -0.39 is 0 Å². The van der Waals surface area contributed by atoms with Crippen molar-refractivity contribution in [3.05, 3.63) is 28.7 Å². The monoisotopic (exact) mass is 195 g/mol. The number of aromatic nitrogens is 3. The summed E-state index contributed by atoms with van der Waals surface area (Å²) in [6.45, 7) is 1.85. The van der Waals surface area contributed by atoms with Gasteiger partial charge in [0.15, 0.2) is 11.9 Å². The zero-order valence-electron chi connectivity index (χ0n) is 6.86. The Kier molecular flexibility index (Phi) is 1.77. The van der Waals surface area contributed by atoms with Gasteiger partial charge in [-0.2, -0.15) is 5.10 Å². The summed E-state index contributed by atoms with van der Waals surface area (Å²) in [5, 5.41) is 4.36. The molecule has 66 valence electrons. The van der Waals surface area contributed by atoms with Gasteiger partial charge < -0.3 is 0 Å². The fourth-order valence-electron chi connectivity index (χ4n) is 1.17. The molecule has 0 fully saturated rings. The van der Waals surface area contributed by atoms with Crippen LogP contribution in [0, 0.1) is 6.92 Å². The number of fused-ring (bicyclic) bond motifs is 1. The van der Waals surface area contributed by atoms with Crippen molar-refractivity contribution in [2.24, 2.45) is 0 Å². The van der Waals surface area contributed by atoms with Crippen molar-refractivity contribution in [3.8, 4) is 0 Å². The van der Waals surface area contributed by atoms with Crippen LogP contribution < -0.4 is 0 Å². The van der Waals surface area contributed by atoms with E-state index in [1.54, 1.807) is 10.6 Å². The van der Waals surface area contributed by atoms with Crippen molar-refractivity contribution < 1.29 is 4.79 Å². The highest BCUT2D eigenvalue weighted by molar-refractivity contribution is 6.29. The summed E-state index contributed by atoms with van der Waals surface area (Å²) in [5.74, 6) is 0. The van der Waals surface area contributed by atoms with Crippen molar-refractivity contribution in [1.29, 1.82) is 0 Å². The first-order valence-corrected chi connectivity index (χ1v) is 4.06. The van der Waals surface area contributed by atoms with Crippen molar-refractivity contribution in [1.82, 2.24) is 14.6 Å². The maximum absolute atomic E-state index is 10.6. The summed E-state index contributed by atoms with van der Waals surface area (Å²) < 4.78 is 1.58. The molecule has 0 saturated heterocycles. The molecule has 0 saturated carbocycles. The molecule has 4 nitrogen and oxygen atoms in total. The molecule has 0 amide bonds. The average molecular weight is 196 g/mol. The highest BCUT2D eigenvalue weighted by atomic mass is 35.5. The quantitative estimate of drug-likeness (QED) is 0.512. The lowest BCUT2D eigenvalue weighted by Gasteiger charge is -1.98. The van der Waals surface area contributed by atoms with Gasteiger partial charge >= 0.3 is 0 Å². The second-order valence-corrected chi connectivity index (χ2v) is 3.06. The largest absolute Gasteiger partial charge is 0.298 e. The maximum Gasteiger partial charge on any atom is 0.167 e. The summed E-state index contributed by atoms with van der Waals surface area (Å²) in [6.07, 6.45) is 2.18. The SMILES string of the molecule is Cc1cc(Cl)nc2c(C=O)cnn12. The summed E-state index contributed by atoms with van der Waals surface area (Å²) in [4.78, 5) is 14.6. The van der Waals surface area contributed by atoms with Crippen LogP contribution in [0.3, 0.4) is 0 Å². The normalized spacial score (nSPS) is 10.6. The second-order valence-electron chi connectivity index (χ2n) is 2.67.